The Morgan fingerprint density at radius 3 is 2.90 bits per heavy atom. The summed E-state index contributed by atoms with van der Waals surface area (Å²) in [6.45, 7) is 0. The summed E-state index contributed by atoms with van der Waals surface area (Å²) in [4.78, 5) is 6.41. The number of nitrogens with zero attached hydrogens (tertiary/aromatic N) is 2. The largest absolute Gasteiger partial charge is 0.508 e. The van der Waals surface area contributed by atoms with Gasteiger partial charge in [-0.25, -0.2) is 4.98 Å². The van der Waals surface area contributed by atoms with E-state index in [9.17, 15) is 5.11 Å². The zero-order valence-corrected chi connectivity index (χ0v) is 11.8. The van der Waals surface area contributed by atoms with Crippen LogP contribution in [0.15, 0.2) is 36.5 Å². The molecule has 1 aromatic heterocycles. The van der Waals surface area contributed by atoms with Crippen LogP contribution in [0.2, 0.25) is 0 Å². The zero-order valence-electron chi connectivity index (χ0n) is 11.8. The Bertz CT molecular complexity index is 625. The van der Waals surface area contributed by atoms with Crippen LogP contribution in [0.25, 0.3) is 0 Å². The van der Waals surface area contributed by atoms with Gasteiger partial charge in [0.15, 0.2) is 5.82 Å². The molecule has 0 radical (unpaired) electrons. The first-order valence-corrected chi connectivity index (χ1v) is 6.86. The molecule has 0 saturated carbocycles. The van der Waals surface area contributed by atoms with Gasteiger partial charge in [-0.1, -0.05) is 12.1 Å². The van der Waals surface area contributed by atoms with Crippen molar-refractivity contribution in [1.82, 2.24) is 4.98 Å². The Balaban J connectivity index is 1.90. The van der Waals surface area contributed by atoms with Gasteiger partial charge in [-0.2, -0.15) is 0 Å². The molecule has 1 unspecified atom stereocenters. The minimum atomic E-state index is 0.236. The fourth-order valence-corrected chi connectivity index (χ4v) is 2.84. The van der Waals surface area contributed by atoms with E-state index in [1.165, 1.54) is 5.56 Å². The highest BCUT2D eigenvalue weighted by Crippen LogP contribution is 2.39. The number of pyridine rings is 1. The lowest BCUT2D eigenvalue weighted by Crippen LogP contribution is -2.15. The Morgan fingerprint density at radius 1 is 1.25 bits per heavy atom. The van der Waals surface area contributed by atoms with Gasteiger partial charge in [0, 0.05) is 20.3 Å². The van der Waals surface area contributed by atoms with E-state index in [1.54, 1.807) is 12.3 Å². The van der Waals surface area contributed by atoms with Gasteiger partial charge in [0.05, 0.1) is 11.7 Å². The van der Waals surface area contributed by atoms with Crippen LogP contribution in [0.4, 0.5) is 11.5 Å². The molecule has 3 rings (SSSR count). The standard InChI is InChI=1S/C16H19N3O/c1-19(2)16-14(6-4-10-17-16)18-13-9-8-12-11(13)5-3-7-15(12)20/h3-7,10,13,18,20H,8-9H2,1-2H3. The minimum Gasteiger partial charge on any atom is -0.508 e. The van der Waals surface area contributed by atoms with Crippen molar-refractivity contribution in [3.8, 4) is 5.75 Å². The van der Waals surface area contributed by atoms with Crippen molar-refractivity contribution < 1.29 is 5.11 Å². The van der Waals surface area contributed by atoms with Gasteiger partial charge in [0.25, 0.3) is 0 Å². The van der Waals surface area contributed by atoms with Crippen LogP contribution in [-0.4, -0.2) is 24.2 Å². The van der Waals surface area contributed by atoms with Crippen LogP contribution in [0, 0.1) is 0 Å². The molecule has 0 amide bonds. The topological polar surface area (TPSA) is 48.4 Å². The summed E-state index contributed by atoms with van der Waals surface area (Å²) in [5.41, 5.74) is 3.29. The summed E-state index contributed by atoms with van der Waals surface area (Å²) in [6.07, 6.45) is 3.71. The molecule has 104 valence electrons. The predicted octanol–water partition coefficient (Wildman–Crippen LogP) is 2.95. The molecule has 1 heterocycles. The average Bonchev–Trinajstić information content (AvgIpc) is 2.84. The second-order valence-electron chi connectivity index (χ2n) is 5.35. The maximum absolute atomic E-state index is 9.91. The van der Waals surface area contributed by atoms with Crippen LogP contribution >= 0.6 is 0 Å². The van der Waals surface area contributed by atoms with Gasteiger partial charge >= 0.3 is 0 Å². The molecule has 0 spiro atoms. The first kappa shape index (κ1) is 12.8. The fourth-order valence-electron chi connectivity index (χ4n) is 2.84. The molecule has 4 heteroatoms. The smallest absolute Gasteiger partial charge is 0.151 e. The molecular formula is C16H19N3O. The van der Waals surface area contributed by atoms with Crippen molar-refractivity contribution in [1.29, 1.82) is 0 Å². The van der Waals surface area contributed by atoms with Crippen molar-refractivity contribution in [2.45, 2.75) is 18.9 Å². The molecular weight excluding hydrogens is 250 g/mol. The second-order valence-corrected chi connectivity index (χ2v) is 5.35. The first-order chi connectivity index (χ1) is 9.66. The molecule has 2 aromatic rings. The molecule has 0 bridgehead atoms. The molecule has 20 heavy (non-hydrogen) atoms. The molecule has 2 N–H and O–H groups in total. The number of aromatic hydroxyl groups is 1. The van der Waals surface area contributed by atoms with Crippen LogP contribution in [-0.2, 0) is 6.42 Å². The van der Waals surface area contributed by atoms with Crippen molar-refractivity contribution in [3.63, 3.8) is 0 Å². The third kappa shape index (κ3) is 2.18. The second kappa shape index (κ2) is 5.04. The van der Waals surface area contributed by atoms with Crippen LogP contribution in [0.5, 0.6) is 5.75 Å². The van der Waals surface area contributed by atoms with Gasteiger partial charge in [0.1, 0.15) is 5.75 Å². The SMILES string of the molecule is CN(C)c1ncccc1NC1CCc2c(O)cccc21. The van der Waals surface area contributed by atoms with Gasteiger partial charge < -0.3 is 15.3 Å². The summed E-state index contributed by atoms with van der Waals surface area (Å²) < 4.78 is 0. The summed E-state index contributed by atoms with van der Waals surface area (Å²) >= 11 is 0. The molecule has 1 atom stereocenters. The van der Waals surface area contributed by atoms with Crippen LogP contribution < -0.4 is 10.2 Å². The van der Waals surface area contributed by atoms with Gasteiger partial charge in [-0.15, -0.1) is 0 Å². The fraction of sp³-hybridized carbons (Fsp3) is 0.312. The van der Waals surface area contributed by atoms with E-state index in [-0.39, 0.29) is 6.04 Å². The van der Waals surface area contributed by atoms with Crippen LogP contribution in [0.3, 0.4) is 0 Å². The normalized spacial score (nSPS) is 16.8. The molecule has 1 aliphatic carbocycles. The number of benzene rings is 1. The highest BCUT2D eigenvalue weighted by Gasteiger charge is 2.25. The quantitative estimate of drug-likeness (QED) is 0.899. The van der Waals surface area contributed by atoms with Crippen molar-refractivity contribution >= 4 is 11.5 Å². The maximum atomic E-state index is 9.91. The summed E-state index contributed by atoms with van der Waals surface area (Å²) in [5, 5.41) is 13.5. The number of hydrogen-bond donors (Lipinski definition) is 2. The Labute approximate surface area is 119 Å². The molecule has 1 aromatic carbocycles. The Morgan fingerprint density at radius 2 is 2.10 bits per heavy atom. The maximum Gasteiger partial charge on any atom is 0.151 e. The van der Waals surface area contributed by atoms with Gasteiger partial charge in [-0.3, -0.25) is 0 Å². The molecule has 4 nitrogen and oxygen atoms in total. The van der Waals surface area contributed by atoms with Crippen molar-refractivity contribution in [2.75, 3.05) is 24.3 Å². The Kier molecular flexibility index (Phi) is 3.22. The number of nitrogens with one attached hydrogen (secondary N) is 1. The number of fused-ring (bicyclic) bond motifs is 1. The Hall–Kier alpha value is -2.23. The number of anilines is 2. The van der Waals surface area contributed by atoms with E-state index in [0.29, 0.717) is 5.75 Å². The highest BCUT2D eigenvalue weighted by molar-refractivity contribution is 5.66. The lowest BCUT2D eigenvalue weighted by molar-refractivity contribution is 0.469. The average molecular weight is 269 g/mol. The monoisotopic (exact) mass is 269 g/mol. The number of hydrogen-bond acceptors (Lipinski definition) is 4. The van der Waals surface area contributed by atoms with Crippen LogP contribution in [0.1, 0.15) is 23.6 Å². The number of rotatable bonds is 3. The third-order valence-electron chi connectivity index (χ3n) is 3.79. The van der Waals surface area contributed by atoms with E-state index in [4.69, 9.17) is 0 Å². The highest BCUT2D eigenvalue weighted by atomic mass is 16.3. The summed E-state index contributed by atoms with van der Waals surface area (Å²) in [6, 6.07) is 9.98. The lowest BCUT2D eigenvalue weighted by atomic mass is 10.1. The van der Waals surface area contributed by atoms with E-state index in [0.717, 1.165) is 29.9 Å². The summed E-state index contributed by atoms with van der Waals surface area (Å²) in [5.74, 6) is 1.34. The van der Waals surface area contributed by atoms with E-state index in [2.05, 4.69) is 16.4 Å². The van der Waals surface area contributed by atoms with Crippen molar-refractivity contribution in [3.05, 3.63) is 47.7 Å². The first-order valence-electron chi connectivity index (χ1n) is 6.86. The van der Waals surface area contributed by atoms with Gasteiger partial charge in [-0.05, 0) is 42.2 Å². The zero-order chi connectivity index (χ0) is 14.1. The number of phenols is 1. The lowest BCUT2D eigenvalue weighted by Gasteiger charge is -2.21. The number of aromatic nitrogens is 1. The van der Waals surface area contributed by atoms with E-state index < -0.39 is 0 Å². The predicted molar refractivity (Wildman–Crippen MR) is 81.4 cm³/mol. The third-order valence-corrected chi connectivity index (χ3v) is 3.79. The van der Waals surface area contributed by atoms with E-state index >= 15 is 0 Å². The van der Waals surface area contributed by atoms with Crippen molar-refractivity contribution in [2.24, 2.45) is 0 Å². The molecule has 0 fully saturated rings. The minimum absolute atomic E-state index is 0.236. The van der Waals surface area contributed by atoms with E-state index in [1.807, 2.05) is 37.2 Å². The molecule has 0 aliphatic heterocycles. The molecule has 1 aliphatic rings. The van der Waals surface area contributed by atoms with Gasteiger partial charge in [0.2, 0.25) is 0 Å². The summed E-state index contributed by atoms with van der Waals surface area (Å²) in [7, 11) is 3.98. The number of phenolic OH excluding ortho intramolecular Hbond substituents is 1. The molecule has 0 saturated heterocycles.